The molecule has 3 aromatic carbocycles. The number of hydrogen-bond acceptors (Lipinski definition) is 4. The summed E-state index contributed by atoms with van der Waals surface area (Å²) in [7, 11) is 1.56. The van der Waals surface area contributed by atoms with Crippen molar-refractivity contribution < 1.29 is 19.2 Å². The highest BCUT2D eigenvalue weighted by atomic mass is 16.2. The Morgan fingerprint density at radius 1 is 0.906 bits per heavy atom. The molecule has 3 aromatic rings. The van der Waals surface area contributed by atoms with E-state index in [4.69, 9.17) is 0 Å². The fourth-order valence-corrected chi connectivity index (χ4v) is 3.94. The Kier molecular flexibility index (Phi) is 5.98. The molecule has 1 aliphatic rings. The summed E-state index contributed by atoms with van der Waals surface area (Å²) < 4.78 is 0. The third-order valence-electron chi connectivity index (χ3n) is 5.55. The zero-order valence-electron chi connectivity index (χ0n) is 17.7. The lowest BCUT2D eigenvalue weighted by Gasteiger charge is -2.27. The molecular weight excluding hydrogens is 406 g/mol. The fraction of sp³-hybridized carbons (Fsp3) is 0.200. The van der Waals surface area contributed by atoms with Crippen molar-refractivity contribution in [3.8, 4) is 0 Å². The average molecular weight is 429 g/mol. The van der Waals surface area contributed by atoms with Gasteiger partial charge < -0.3 is 10.6 Å². The smallest absolute Gasteiger partial charge is 0.261 e. The number of rotatable bonds is 7. The molecule has 32 heavy (non-hydrogen) atoms. The van der Waals surface area contributed by atoms with Crippen LogP contribution in [0.25, 0.3) is 10.8 Å². The van der Waals surface area contributed by atoms with Crippen LogP contribution in [0.4, 0.5) is 0 Å². The predicted molar refractivity (Wildman–Crippen MR) is 120 cm³/mol. The van der Waals surface area contributed by atoms with Crippen molar-refractivity contribution in [3.05, 3.63) is 82.9 Å². The maximum absolute atomic E-state index is 12.9. The first-order valence-corrected chi connectivity index (χ1v) is 10.4. The van der Waals surface area contributed by atoms with Crippen molar-refractivity contribution in [3.63, 3.8) is 0 Å². The van der Waals surface area contributed by atoms with Gasteiger partial charge in [0.25, 0.3) is 17.7 Å². The largest absolute Gasteiger partial charge is 0.355 e. The average Bonchev–Trinajstić information content (AvgIpc) is 2.82. The maximum atomic E-state index is 12.9. The summed E-state index contributed by atoms with van der Waals surface area (Å²) in [6.45, 7) is 0.461. The highest BCUT2D eigenvalue weighted by Crippen LogP contribution is 2.30. The third kappa shape index (κ3) is 4.09. The molecule has 1 aliphatic heterocycles. The number of benzene rings is 3. The van der Waals surface area contributed by atoms with Gasteiger partial charge in [0.05, 0.1) is 0 Å². The zero-order valence-corrected chi connectivity index (χ0v) is 17.7. The van der Waals surface area contributed by atoms with E-state index in [0.29, 0.717) is 35.0 Å². The number of amides is 4. The highest BCUT2D eigenvalue weighted by Gasteiger charge is 2.32. The molecule has 0 atom stereocenters. The number of carbonyl (C=O) groups excluding carboxylic acids is 4. The van der Waals surface area contributed by atoms with Crippen LogP contribution in [-0.2, 0) is 11.3 Å². The normalized spacial score (nSPS) is 12.7. The van der Waals surface area contributed by atoms with Crippen molar-refractivity contribution >= 4 is 34.4 Å². The summed E-state index contributed by atoms with van der Waals surface area (Å²) in [6, 6.07) is 17.9. The molecule has 4 rings (SSSR count). The van der Waals surface area contributed by atoms with Crippen molar-refractivity contribution in [1.82, 2.24) is 15.5 Å². The molecule has 0 saturated heterocycles. The number of nitrogens with one attached hydrogen (secondary N) is 2. The van der Waals surface area contributed by atoms with Gasteiger partial charge in [-0.1, -0.05) is 36.4 Å². The molecule has 0 bridgehead atoms. The molecule has 7 nitrogen and oxygen atoms in total. The number of imide groups is 1. The molecule has 4 amide bonds. The standard InChI is InChI=1S/C25H23N3O4/c1-26-23(30)18-9-2-6-16(14-18)15-27-21(29)12-5-13-28-24(31)19-10-3-7-17-8-4-11-20(22(17)19)25(28)32/h2-4,6-11,14H,5,12-13,15H2,1H3,(H,26,30)(H,27,29). The Hall–Kier alpha value is -4.00. The van der Waals surface area contributed by atoms with Crippen molar-refractivity contribution in [2.75, 3.05) is 13.6 Å². The van der Waals surface area contributed by atoms with Crippen LogP contribution in [0.15, 0.2) is 60.7 Å². The Morgan fingerprint density at radius 3 is 2.22 bits per heavy atom. The number of nitrogens with zero attached hydrogens (tertiary/aromatic N) is 1. The summed E-state index contributed by atoms with van der Waals surface area (Å²) in [5, 5.41) is 6.94. The van der Waals surface area contributed by atoms with Crippen molar-refractivity contribution in [2.45, 2.75) is 19.4 Å². The van der Waals surface area contributed by atoms with E-state index in [9.17, 15) is 19.2 Å². The van der Waals surface area contributed by atoms with Crippen molar-refractivity contribution in [1.29, 1.82) is 0 Å². The highest BCUT2D eigenvalue weighted by molar-refractivity contribution is 6.25. The van der Waals surface area contributed by atoms with E-state index in [1.807, 2.05) is 18.2 Å². The minimum Gasteiger partial charge on any atom is -0.355 e. The molecule has 0 saturated carbocycles. The summed E-state index contributed by atoms with van der Waals surface area (Å²) in [5.74, 6) is -1.03. The van der Waals surface area contributed by atoms with E-state index >= 15 is 0 Å². The quantitative estimate of drug-likeness (QED) is 0.565. The Bertz CT molecular complexity index is 1180. The number of carbonyl (C=O) groups is 4. The van der Waals surface area contributed by atoms with Crippen LogP contribution in [0.2, 0.25) is 0 Å². The van der Waals surface area contributed by atoms with Crippen LogP contribution in [0.1, 0.15) is 49.5 Å². The molecule has 0 aromatic heterocycles. The molecule has 2 N–H and O–H groups in total. The second-order valence-corrected chi connectivity index (χ2v) is 7.63. The molecule has 7 heteroatoms. The SMILES string of the molecule is CNC(=O)c1cccc(CNC(=O)CCCN2C(=O)c3cccc4cccc(c34)C2=O)c1. The molecule has 0 radical (unpaired) electrons. The van der Waals surface area contributed by atoms with E-state index in [2.05, 4.69) is 10.6 Å². The summed E-state index contributed by atoms with van der Waals surface area (Å²) in [5.41, 5.74) is 2.36. The zero-order chi connectivity index (χ0) is 22.7. The second kappa shape index (κ2) is 9.01. The maximum Gasteiger partial charge on any atom is 0.261 e. The molecule has 1 heterocycles. The van der Waals surface area contributed by atoms with E-state index in [1.54, 1.807) is 49.5 Å². The van der Waals surface area contributed by atoms with Crippen LogP contribution >= 0.6 is 0 Å². The van der Waals surface area contributed by atoms with Gasteiger partial charge >= 0.3 is 0 Å². The Labute approximate surface area is 185 Å². The van der Waals surface area contributed by atoms with Gasteiger partial charge in [0.2, 0.25) is 5.91 Å². The minimum atomic E-state index is -0.328. The van der Waals surface area contributed by atoms with Crippen LogP contribution in [0.5, 0.6) is 0 Å². The molecule has 0 unspecified atom stereocenters. The lowest BCUT2D eigenvalue weighted by molar-refractivity contribution is -0.121. The van der Waals surface area contributed by atoms with Crippen molar-refractivity contribution in [2.24, 2.45) is 0 Å². The monoisotopic (exact) mass is 429 g/mol. The lowest BCUT2D eigenvalue weighted by atomic mass is 9.94. The third-order valence-corrected chi connectivity index (χ3v) is 5.55. The molecular formula is C25H23N3O4. The molecule has 0 fully saturated rings. The Morgan fingerprint density at radius 2 is 1.56 bits per heavy atom. The van der Waals surface area contributed by atoms with Gasteiger partial charge in [-0.25, -0.2) is 0 Å². The van der Waals surface area contributed by atoms with Gasteiger partial charge in [0.15, 0.2) is 0 Å². The summed E-state index contributed by atoms with van der Waals surface area (Å²) in [6.07, 6.45) is 0.539. The van der Waals surface area contributed by atoms with E-state index < -0.39 is 0 Å². The first-order valence-electron chi connectivity index (χ1n) is 10.4. The number of hydrogen-bond donors (Lipinski definition) is 2. The van der Waals surface area contributed by atoms with Gasteiger partial charge in [0, 0.05) is 48.6 Å². The van der Waals surface area contributed by atoms with Crippen LogP contribution in [0.3, 0.4) is 0 Å². The summed E-state index contributed by atoms with van der Waals surface area (Å²) >= 11 is 0. The topological polar surface area (TPSA) is 95.6 Å². The van der Waals surface area contributed by atoms with Crippen LogP contribution in [-0.4, -0.2) is 42.1 Å². The predicted octanol–water partition coefficient (Wildman–Crippen LogP) is 2.89. The Balaban J connectivity index is 1.34. The van der Waals surface area contributed by atoms with E-state index in [0.717, 1.165) is 10.9 Å². The van der Waals surface area contributed by atoms with Gasteiger partial charge in [-0.15, -0.1) is 0 Å². The molecule has 0 spiro atoms. The fourth-order valence-electron chi connectivity index (χ4n) is 3.94. The second-order valence-electron chi connectivity index (χ2n) is 7.63. The van der Waals surface area contributed by atoms with Gasteiger partial charge in [-0.05, 0) is 41.6 Å². The van der Waals surface area contributed by atoms with Gasteiger partial charge in [-0.3, -0.25) is 24.1 Å². The van der Waals surface area contributed by atoms with Crippen LogP contribution in [0, 0.1) is 0 Å². The first-order chi connectivity index (χ1) is 15.5. The van der Waals surface area contributed by atoms with Gasteiger partial charge in [-0.2, -0.15) is 0 Å². The van der Waals surface area contributed by atoms with Gasteiger partial charge in [0.1, 0.15) is 0 Å². The molecule has 162 valence electrons. The lowest BCUT2D eigenvalue weighted by Crippen LogP contribution is -2.41. The summed E-state index contributed by atoms with van der Waals surface area (Å²) in [4.78, 5) is 51.0. The van der Waals surface area contributed by atoms with Crippen LogP contribution < -0.4 is 10.6 Å². The molecule has 0 aliphatic carbocycles. The minimum absolute atomic E-state index is 0.169. The van der Waals surface area contributed by atoms with E-state index in [1.165, 1.54) is 4.90 Å². The first kappa shape index (κ1) is 21.2. The van der Waals surface area contributed by atoms with E-state index in [-0.39, 0.29) is 36.6 Å².